The lowest BCUT2D eigenvalue weighted by Crippen LogP contribution is -2.39. The van der Waals surface area contributed by atoms with Crippen LogP contribution in [-0.2, 0) is 11.2 Å². The summed E-state index contributed by atoms with van der Waals surface area (Å²) in [6, 6.07) is 12.3. The predicted molar refractivity (Wildman–Crippen MR) is 95.9 cm³/mol. The first-order chi connectivity index (χ1) is 12.5. The van der Waals surface area contributed by atoms with E-state index in [1.807, 2.05) is 30.3 Å². The normalized spacial score (nSPS) is 11.5. The molecule has 3 N–H and O–H groups in total. The summed E-state index contributed by atoms with van der Waals surface area (Å²) < 4.78 is 18.5. The van der Waals surface area contributed by atoms with Crippen molar-refractivity contribution in [3.8, 4) is 5.75 Å². The first kappa shape index (κ1) is 19.2. The summed E-state index contributed by atoms with van der Waals surface area (Å²) in [5.41, 5.74) is 1.17. The standard InChI is InChI=1S/C19H21FN2O4/c1-26-17-9-7-14(20)12-16(17)22-19(25)21-15(8-10-18(23)24)11-13-5-3-2-4-6-13/h2-7,9,12,15H,8,10-11H2,1H3,(H,23,24)(H2,21,22,25). The molecule has 0 aliphatic rings. The number of hydrogen-bond donors (Lipinski definition) is 3. The van der Waals surface area contributed by atoms with Gasteiger partial charge < -0.3 is 20.5 Å². The Morgan fingerprint density at radius 1 is 1.19 bits per heavy atom. The van der Waals surface area contributed by atoms with Gasteiger partial charge in [-0.05, 0) is 30.5 Å². The van der Waals surface area contributed by atoms with Crippen LogP contribution in [0.2, 0.25) is 0 Å². The molecule has 0 spiro atoms. The summed E-state index contributed by atoms with van der Waals surface area (Å²) in [6.45, 7) is 0. The second kappa shape index (κ2) is 9.41. The lowest BCUT2D eigenvalue weighted by atomic mass is 10.0. The summed E-state index contributed by atoms with van der Waals surface area (Å²) in [7, 11) is 1.42. The predicted octanol–water partition coefficient (Wildman–Crippen LogP) is 3.43. The van der Waals surface area contributed by atoms with E-state index in [0.717, 1.165) is 11.6 Å². The number of rotatable bonds is 8. The van der Waals surface area contributed by atoms with Crippen LogP contribution in [-0.4, -0.2) is 30.3 Å². The maximum Gasteiger partial charge on any atom is 0.319 e. The van der Waals surface area contributed by atoms with Crippen LogP contribution in [0.1, 0.15) is 18.4 Å². The Morgan fingerprint density at radius 2 is 1.92 bits per heavy atom. The molecular formula is C19H21FN2O4. The van der Waals surface area contributed by atoms with Crippen molar-refractivity contribution >= 4 is 17.7 Å². The molecular weight excluding hydrogens is 339 g/mol. The van der Waals surface area contributed by atoms with Crippen LogP contribution in [0.25, 0.3) is 0 Å². The van der Waals surface area contributed by atoms with Crippen molar-refractivity contribution in [2.75, 3.05) is 12.4 Å². The fourth-order valence-corrected chi connectivity index (χ4v) is 2.54. The lowest BCUT2D eigenvalue weighted by molar-refractivity contribution is -0.137. The van der Waals surface area contributed by atoms with Gasteiger partial charge in [-0.1, -0.05) is 30.3 Å². The molecule has 0 bridgehead atoms. The smallest absolute Gasteiger partial charge is 0.319 e. The number of urea groups is 1. The van der Waals surface area contributed by atoms with Crippen molar-refractivity contribution < 1.29 is 23.8 Å². The van der Waals surface area contributed by atoms with Gasteiger partial charge in [-0.2, -0.15) is 0 Å². The molecule has 2 aromatic rings. The average Bonchev–Trinajstić information content (AvgIpc) is 2.60. The number of anilines is 1. The highest BCUT2D eigenvalue weighted by atomic mass is 19.1. The van der Waals surface area contributed by atoms with Gasteiger partial charge in [0.2, 0.25) is 0 Å². The Labute approximate surface area is 151 Å². The third-order valence-electron chi connectivity index (χ3n) is 3.78. The summed E-state index contributed by atoms with van der Waals surface area (Å²) in [6.07, 6.45) is 0.695. The Kier molecular flexibility index (Phi) is 6.96. The van der Waals surface area contributed by atoms with Gasteiger partial charge in [0.1, 0.15) is 11.6 Å². The SMILES string of the molecule is COc1ccc(F)cc1NC(=O)NC(CCC(=O)O)Cc1ccccc1. The molecule has 2 amide bonds. The highest BCUT2D eigenvalue weighted by Gasteiger charge is 2.16. The molecule has 0 saturated heterocycles. The molecule has 0 aromatic heterocycles. The summed E-state index contributed by atoms with van der Waals surface area (Å²) in [4.78, 5) is 23.2. The number of benzene rings is 2. The third kappa shape index (κ3) is 6.08. The number of nitrogens with one attached hydrogen (secondary N) is 2. The van der Waals surface area contributed by atoms with E-state index in [1.165, 1.54) is 19.2 Å². The van der Waals surface area contributed by atoms with E-state index in [-0.39, 0.29) is 24.6 Å². The first-order valence-electron chi connectivity index (χ1n) is 8.14. The maximum absolute atomic E-state index is 13.4. The van der Waals surface area contributed by atoms with Gasteiger partial charge in [0.15, 0.2) is 0 Å². The van der Waals surface area contributed by atoms with Crippen LogP contribution in [0.15, 0.2) is 48.5 Å². The number of hydrogen-bond acceptors (Lipinski definition) is 3. The topological polar surface area (TPSA) is 87.7 Å². The first-order valence-corrected chi connectivity index (χ1v) is 8.14. The van der Waals surface area contributed by atoms with E-state index in [2.05, 4.69) is 10.6 Å². The lowest BCUT2D eigenvalue weighted by Gasteiger charge is -2.19. The average molecular weight is 360 g/mol. The summed E-state index contributed by atoms with van der Waals surface area (Å²) >= 11 is 0. The second-order valence-corrected chi connectivity index (χ2v) is 5.76. The number of carbonyl (C=O) groups excluding carboxylic acids is 1. The van der Waals surface area contributed by atoms with E-state index in [4.69, 9.17) is 9.84 Å². The molecule has 0 radical (unpaired) electrons. The fraction of sp³-hybridized carbons (Fsp3) is 0.263. The van der Waals surface area contributed by atoms with Crippen molar-refractivity contribution in [2.45, 2.75) is 25.3 Å². The zero-order valence-corrected chi connectivity index (χ0v) is 14.4. The van der Waals surface area contributed by atoms with E-state index >= 15 is 0 Å². The molecule has 26 heavy (non-hydrogen) atoms. The molecule has 0 saturated carbocycles. The van der Waals surface area contributed by atoms with Gasteiger partial charge >= 0.3 is 12.0 Å². The zero-order chi connectivity index (χ0) is 18.9. The van der Waals surface area contributed by atoms with E-state index in [9.17, 15) is 14.0 Å². The Balaban J connectivity index is 2.05. The third-order valence-corrected chi connectivity index (χ3v) is 3.78. The molecule has 1 unspecified atom stereocenters. The van der Waals surface area contributed by atoms with Crippen molar-refractivity contribution in [3.63, 3.8) is 0 Å². The molecule has 138 valence electrons. The van der Waals surface area contributed by atoms with Gasteiger partial charge in [-0.25, -0.2) is 9.18 Å². The summed E-state index contributed by atoms with van der Waals surface area (Å²) in [5.74, 6) is -1.11. The van der Waals surface area contributed by atoms with Crippen LogP contribution >= 0.6 is 0 Å². The van der Waals surface area contributed by atoms with Crippen LogP contribution in [0.4, 0.5) is 14.9 Å². The minimum atomic E-state index is -0.933. The molecule has 0 aliphatic heterocycles. The number of amides is 2. The molecule has 1 atom stereocenters. The zero-order valence-electron chi connectivity index (χ0n) is 14.4. The number of carboxylic acids is 1. The Bertz CT molecular complexity index is 752. The minimum absolute atomic E-state index is 0.0684. The minimum Gasteiger partial charge on any atom is -0.495 e. The van der Waals surface area contributed by atoms with E-state index in [1.54, 1.807) is 0 Å². The number of methoxy groups -OCH3 is 1. The quantitative estimate of drug-likeness (QED) is 0.673. The highest BCUT2D eigenvalue weighted by Crippen LogP contribution is 2.24. The van der Waals surface area contributed by atoms with Crippen molar-refractivity contribution in [1.82, 2.24) is 5.32 Å². The number of ether oxygens (including phenoxy) is 1. The van der Waals surface area contributed by atoms with Crippen molar-refractivity contribution in [1.29, 1.82) is 0 Å². The van der Waals surface area contributed by atoms with Crippen LogP contribution < -0.4 is 15.4 Å². The van der Waals surface area contributed by atoms with Gasteiger partial charge in [0, 0.05) is 18.5 Å². The number of carboxylic acid groups (broad SMARTS) is 1. The van der Waals surface area contributed by atoms with Crippen LogP contribution in [0, 0.1) is 5.82 Å². The van der Waals surface area contributed by atoms with Crippen LogP contribution in [0.5, 0.6) is 5.75 Å². The maximum atomic E-state index is 13.4. The Hall–Kier alpha value is -3.09. The molecule has 7 heteroatoms. The summed E-state index contributed by atoms with van der Waals surface area (Å²) in [5, 5.41) is 14.2. The number of carbonyl (C=O) groups is 2. The van der Waals surface area contributed by atoms with Crippen molar-refractivity contribution in [2.24, 2.45) is 0 Å². The molecule has 0 heterocycles. The van der Waals surface area contributed by atoms with E-state index < -0.39 is 17.8 Å². The molecule has 2 aromatic carbocycles. The molecule has 0 aliphatic carbocycles. The molecule has 6 nitrogen and oxygen atoms in total. The van der Waals surface area contributed by atoms with Crippen molar-refractivity contribution in [3.05, 3.63) is 59.9 Å². The highest BCUT2D eigenvalue weighted by molar-refractivity contribution is 5.91. The number of halogens is 1. The largest absolute Gasteiger partial charge is 0.495 e. The molecule has 2 rings (SSSR count). The van der Waals surface area contributed by atoms with Gasteiger partial charge in [0.25, 0.3) is 0 Å². The second-order valence-electron chi connectivity index (χ2n) is 5.76. The Morgan fingerprint density at radius 3 is 2.58 bits per heavy atom. The fourth-order valence-electron chi connectivity index (χ4n) is 2.54. The van der Waals surface area contributed by atoms with Gasteiger partial charge in [-0.3, -0.25) is 4.79 Å². The molecule has 0 fully saturated rings. The van der Waals surface area contributed by atoms with Gasteiger partial charge in [-0.15, -0.1) is 0 Å². The van der Waals surface area contributed by atoms with E-state index in [0.29, 0.717) is 12.2 Å². The monoisotopic (exact) mass is 360 g/mol. The van der Waals surface area contributed by atoms with Crippen LogP contribution in [0.3, 0.4) is 0 Å². The number of aliphatic carboxylic acids is 1. The van der Waals surface area contributed by atoms with Gasteiger partial charge in [0.05, 0.1) is 12.8 Å².